The van der Waals surface area contributed by atoms with Gasteiger partial charge in [-0.15, -0.1) is 0 Å². The van der Waals surface area contributed by atoms with Gasteiger partial charge in [-0.2, -0.15) is 0 Å². The van der Waals surface area contributed by atoms with Gasteiger partial charge in [-0.1, -0.05) is 25.3 Å². The first kappa shape index (κ1) is 27.4. The van der Waals surface area contributed by atoms with Gasteiger partial charge < -0.3 is 14.5 Å². The number of hydrogen-bond donors (Lipinski definition) is 0. The number of likely N-dealkylation sites (tertiary alicyclic amines) is 2. The maximum Gasteiger partial charge on any atom is 0.409 e. The number of cyclic esters (lactones) is 1. The largest absolute Gasteiger partial charge is 0.448 e. The lowest BCUT2D eigenvalue weighted by molar-refractivity contribution is -0.139. The Labute approximate surface area is 225 Å². The van der Waals surface area contributed by atoms with E-state index in [-0.39, 0.29) is 34.8 Å². The summed E-state index contributed by atoms with van der Waals surface area (Å²) in [5.41, 5.74) is 0.278. The van der Waals surface area contributed by atoms with Crippen LogP contribution in [0.25, 0.3) is 0 Å². The number of nitrogens with zero attached hydrogens (tertiary/aromatic N) is 3. The molecule has 1 saturated carbocycles. The van der Waals surface area contributed by atoms with E-state index in [1.54, 1.807) is 0 Å². The third-order valence-electron chi connectivity index (χ3n) is 9.84. The lowest BCUT2D eigenvalue weighted by Gasteiger charge is -2.49. The van der Waals surface area contributed by atoms with E-state index >= 15 is 0 Å². The van der Waals surface area contributed by atoms with E-state index in [0.29, 0.717) is 57.4 Å². The van der Waals surface area contributed by atoms with E-state index in [2.05, 4.69) is 25.7 Å². The van der Waals surface area contributed by atoms with Gasteiger partial charge in [0.1, 0.15) is 18.2 Å². The van der Waals surface area contributed by atoms with E-state index in [4.69, 9.17) is 4.74 Å². The Morgan fingerprint density at radius 2 is 1.76 bits per heavy atom. The van der Waals surface area contributed by atoms with E-state index in [9.17, 15) is 18.4 Å². The second kappa shape index (κ2) is 10.7. The Kier molecular flexibility index (Phi) is 7.73. The number of carbonyl (C=O) groups excluding carboxylic acids is 2. The molecule has 2 amide bonds. The SMILES string of the molecule is CC(C)(C)N1C[C@H](C(=O)N2CCC(CN3CCOC3=O)(C3CCCCC3)CC2)[C@@H](c2ccc(F)cc2F)C1. The molecule has 210 valence electrons. The molecule has 2 atom stereocenters. The van der Waals surface area contributed by atoms with Crippen molar-refractivity contribution in [1.82, 2.24) is 14.7 Å². The summed E-state index contributed by atoms with van der Waals surface area (Å²) in [6, 6.07) is 3.74. The van der Waals surface area contributed by atoms with Gasteiger partial charge in [-0.05, 0) is 69.4 Å². The molecule has 3 saturated heterocycles. The number of halogens is 2. The number of benzene rings is 1. The number of hydrogen-bond acceptors (Lipinski definition) is 4. The van der Waals surface area contributed by atoms with Gasteiger partial charge in [-0.25, -0.2) is 13.6 Å². The Balaban J connectivity index is 1.34. The highest BCUT2D eigenvalue weighted by Crippen LogP contribution is 2.47. The van der Waals surface area contributed by atoms with Crippen molar-refractivity contribution in [3.05, 3.63) is 35.4 Å². The summed E-state index contributed by atoms with van der Waals surface area (Å²) in [4.78, 5) is 32.5. The van der Waals surface area contributed by atoms with Crippen molar-refractivity contribution in [3.63, 3.8) is 0 Å². The highest BCUT2D eigenvalue weighted by Gasteiger charge is 2.48. The van der Waals surface area contributed by atoms with Gasteiger partial charge in [0, 0.05) is 50.2 Å². The zero-order valence-electron chi connectivity index (χ0n) is 23.2. The van der Waals surface area contributed by atoms with Crippen LogP contribution in [-0.4, -0.2) is 78.1 Å². The Bertz CT molecular complexity index is 1030. The molecule has 38 heavy (non-hydrogen) atoms. The van der Waals surface area contributed by atoms with Crippen molar-refractivity contribution in [1.29, 1.82) is 0 Å². The molecule has 1 aliphatic carbocycles. The van der Waals surface area contributed by atoms with Crippen LogP contribution >= 0.6 is 0 Å². The fourth-order valence-electron chi connectivity index (χ4n) is 7.49. The normalized spacial score (nSPS) is 27.1. The first-order chi connectivity index (χ1) is 18.1. The zero-order chi connectivity index (χ0) is 27.1. The minimum atomic E-state index is -0.600. The van der Waals surface area contributed by atoms with Gasteiger partial charge in [0.15, 0.2) is 0 Å². The molecule has 1 aromatic carbocycles. The minimum absolute atomic E-state index is 0.0101. The van der Waals surface area contributed by atoms with Crippen LogP contribution in [0.5, 0.6) is 0 Å². The van der Waals surface area contributed by atoms with E-state index in [1.165, 1.54) is 44.2 Å². The van der Waals surface area contributed by atoms with Crippen LogP contribution in [0, 0.1) is 28.9 Å². The third-order valence-corrected chi connectivity index (χ3v) is 9.84. The lowest BCUT2D eigenvalue weighted by atomic mass is 9.63. The average molecular weight is 532 g/mol. The molecule has 0 aromatic heterocycles. The summed E-state index contributed by atoms with van der Waals surface area (Å²) in [6.45, 7) is 10.6. The van der Waals surface area contributed by atoms with Crippen LogP contribution in [-0.2, 0) is 9.53 Å². The Hall–Kier alpha value is -2.22. The smallest absolute Gasteiger partial charge is 0.409 e. The number of carbonyl (C=O) groups is 2. The van der Waals surface area contributed by atoms with Crippen LogP contribution < -0.4 is 0 Å². The molecule has 0 spiro atoms. The summed E-state index contributed by atoms with van der Waals surface area (Å²) in [6.07, 6.45) is 7.64. The lowest BCUT2D eigenvalue weighted by Crippen LogP contribution is -2.53. The number of rotatable bonds is 5. The van der Waals surface area contributed by atoms with E-state index < -0.39 is 11.6 Å². The molecule has 0 unspecified atom stereocenters. The molecule has 4 aliphatic rings. The van der Waals surface area contributed by atoms with Crippen LogP contribution in [0.3, 0.4) is 0 Å². The standard InChI is InChI=1S/C30H43F2N3O3/c1-29(2,3)35-18-24(23-10-9-22(31)17-26(23)32)25(19-35)27(36)33-13-11-30(12-14-33,21-7-5-4-6-8-21)20-34-15-16-38-28(34)37/h9-10,17,21,24-25H,4-8,11-16,18-20H2,1-3H3/t24-,25+/m1/s1. The van der Waals surface area contributed by atoms with Crippen LogP contribution in [0.2, 0.25) is 0 Å². The van der Waals surface area contributed by atoms with Crippen molar-refractivity contribution < 1.29 is 23.1 Å². The van der Waals surface area contributed by atoms with Gasteiger partial charge >= 0.3 is 6.09 Å². The molecule has 3 aliphatic heterocycles. The zero-order valence-corrected chi connectivity index (χ0v) is 23.2. The van der Waals surface area contributed by atoms with Crippen molar-refractivity contribution >= 4 is 12.0 Å². The maximum absolute atomic E-state index is 14.9. The Morgan fingerprint density at radius 1 is 1.05 bits per heavy atom. The molecule has 5 rings (SSSR count). The van der Waals surface area contributed by atoms with Crippen LogP contribution in [0.15, 0.2) is 18.2 Å². The summed E-state index contributed by atoms with van der Waals surface area (Å²) in [5.74, 6) is -1.22. The first-order valence-electron chi connectivity index (χ1n) is 14.5. The predicted molar refractivity (Wildman–Crippen MR) is 142 cm³/mol. The topological polar surface area (TPSA) is 53.1 Å². The van der Waals surface area contributed by atoms with Gasteiger partial charge in [0.05, 0.1) is 12.5 Å². The first-order valence-corrected chi connectivity index (χ1v) is 14.5. The van der Waals surface area contributed by atoms with Crippen LogP contribution in [0.4, 0.5) is 13.6 Å². The summed E-state index contributed by atoms with van der Waals surface area (Å²) in [7, 11) is 0. The molecule has 1 aromatic rings. The summed E-state index contributed by atoms with van der Waals surface area (Å²) in [5, 5.41) is 0. The van der Waals surface area contributed by atoms with Gasteiger partial charge in [0.25, 0.3) is 0 Å². The Morgan fingerprint density at radius 3 is 2.37 bits per heavy atom. The fraction of sp³-hybridized carbons (Fsp3) is 0.733. The average Bonchev–Trinajstić information content (AvgIpc) is 3.51. The second-order valence-corrected chi connectivity index (χ2v) is 13.0. The molecule has 8 heteroatoms. The second-order valence-electron chi connectivity index (χ2n) is 13.0. The van der Waals surface area contributed by atoms with Crippen molar-refractivity contribution in [2.45, 2.75) is 77.2 Å². The quantitative estimate of drug-likeness (QED) is 0.509. The molecule has 0 bridgehead atoms. The van der Waals surface area contributed by atoms with Crippen LogP contribution in [0.1, 0.15) is 77.2 Å². The number of piperidine rings is 1. The molecule has 0 N–H and O–H groups in total. The number of amides is 2. The van der Waals surface area contributed by atoms with E-state index in [1.807, 2.05) is 9.80 Å². The van der Waals surface area contributed by atoms with Gasteiger partial charge in [-0.3, -0.25) is 9.69 Å². The molecular weight excluding hydrogens is 488 g/mol. The van der Waals surface area contributed by atoms with E-state index in [0.717, 1.165) is 18.9 Å². The maximum atomic E-state index is 14.9. The highest BCUT2D eigenvalue weighted by molar-refractivity contribution is 5.81. The minimum Gasteiger partial charge on any atom is -0.448 e. The monoisotopic (exact) mass is 531 g/mol. The molecule has 4 fully saturated rings. The van der Waals surface area contributed by atoms with Gasteiger partial charge in [0.2, 0.25) is 5.91 Å². The summed E-state index contributed by atoms with van der Waals surface area (Å²) >= 11 is 0. The predicted octanol–water partition coefficient (Wildman–Crippen LogP) is 5.42. The number of ether oxygens (including phenoxy) is 1. The molecule has 6 nitrogen and oxygen atoms in total. The molecule has 3 heterocycles. The summed E-state index contributed by atoms with van der Waals surface area (Å²) < 4.78 is 33.8. The third kappa shape index (κ3) is 5.43. The van der Waals surface area contributed by atoms with Crippen molar-refractivity contribution in [2.75, 3.05) is 45.9 Å². The van der Waals surface area contributed by atoms with Crippen molar-refractivity contribution in [3.8, 4) is 0 Å². The fourth-order valence-corrected chi connectivity index (χ4v) is 7.49. The van der Waals surface area contributed by atoms with Crippen molar-refractivity contribution in [2.24, 2.45) is 17.3 Å². The highest BCUT2D eigenvalue weighted by atomic mass is 19.1. The molecule has 0 radical (unpaired) electrons. The molecular formula is C30H43F2N3O3.